The molecular formula is C12H24. The molecule has 0 heteroatoms. The smallest absolute Gasteiger partial charge is 0.0323 e. The maximum absolute atomic E-state index is 2.35. The first-order valence-corrected chi connectivity index (χ1v) is 5.32. The second-order valence-electron chi connectivity index (χ2n) is 3.89. The Hall–Kier alpha value is -0.260. The van der Waals surface area contributed by atoms with Crippen LogP contribution in [0.15, 0.2) is 11.6 Å². The number of hydrogen-bond donors (Lipinski definition) is 0. The van der Waals surface area contributed by atoms with Crippen molar-refractivity contribution in [2.75, 3.05) is 0 Å². The predicted molar refractivity (Wildman–Crippen MR) is 57.4 cm³/mol. The molecule has 1 atom stereocenters. The van der Waals surface area contributed by atoms with Crippen molar-refractivity contribution >= 4 is 0 Å². The van der Waals surface area contributed by atoms with Gasteiger partial charge in [-0.05, 0) is 32.6 Å². The highest BCUT2D eigenvalue weighted by atomic mass is 14.0. The second-order valence-corrected chi connectivity index (χ2v) is 3.89. The molecule has 0 fully saturated rings. The average Bonchev–Trinajstić information content (AvgIpc) is 2.11. The molecule has 0 amide bonds. The summed E-state index contributed by atoms with van der Waals surface area (Å²) in [7, 11) is 0. The fraction of sp³-hybridized carbons (Fsp3) is 0.833. The third kappa shape index (κ3) is 6.45. The van der Waals surface area contributed by atoms with E-state index in [0.29, 0.717) is 0 Å². The van der Waals surface area contributed by atoms with E-state index in [0.717, 1.165) is 5.92 Å². The van der Waals surface area contributed by atoms with E-state index in [2.05, 4.69) is 33.8 Å². The molecule has 0 aliphatic rings. The molecule has 0 aromatic rings. The van der Waals surface area contributed by atoms with Gasteiger partial charge >= 0.3 is 0 Å². The van der Waals surface area contributed by atoms with Crippen LogP contribution in [-0.2, 0) is 0 Å². The van der Waals surface area contributed by atoms with Crippen molar-refractivity contribution in [2.45, 2.75) is 59.8 Å². The largest absolute Gasteiger partial charge is 0.0887 e. The fourth-order valence-corrected chi connectivity index (χ4v) is 1.25. The van der Waals surface area contributed by atoms with Crippen LogP contribution in [0.4, 0.5) is 0 Å². The van der Waals surface area contributed by atoms with Crippen molar-refractivity contribution in [3.8, 4) is 0 Å². The number of unbranched alkanes of at least 4 members (excludes halogenated alkanes) is 1. The highest BCUT2D eigenvalue weighted by Crippen LogP contribution is 2.14. The van der Waals surface area contributed by atoms with E-state index in [1.165, 1.54) is 32.1 Å². The van der Waals surface area contributed by atoms with Gasteiger partial charge in [0, 0.05) is 0 Å². The first kappa shape index (κ1) is 11.7. The Morgan fingerprint density at radius 3 is 2.50 bits per heavy atom. The Labute approximate surface area is 78.1 Å². The molecule has 0 nitrogen and oxygen atoms in total. The zero-order valence-corrected chi connectivity index (χ0v) is 9.19. The van der Waals surface area contributed by atoms with Crippen LogP contribution in [0.3, 0.4) is 0 Å². The molecule has 0 radical (unpaired) electrons. The van der Waals surface area contributed by atoms with Crippen LogP contribution in [0.2, 0.25) is 0 Å². The minimum Gasteiger partial charge on any atom is -0.0887 e. The van der Waals surface area contributed by atoms with Gasteiger partial charge < -0.3 is 0 Å². The summed E-state index contributed by atoms with van der Waals surface area (Å²) < 4.78 is 0. The molecule has 0 saturated carbocycles. The van der Waals surface area contributed by atoms with Crippen LogP contribution in [0.1, 0.15) is 59.8 Å². The molecule has 0 aromatic carbocycles. The summed E-state index contributed by atoms with van der Waals surface area (Å²) in [6.07, 6.45) is 9.05. The van der Waals surface area contributed by atoms with E-state index in [-0.39, 0.29) is 0 Å². The van der Waals surface area contributed by atoms with Crippen LogP contribution in [0.25, 0.3) is 0 Å². The summed E-state index contributed by atoms with van der Waals surface area (Å²) in [6.45, 7) is 8.98. The third-order valence-corrected chi connectivity index (χ3v) is 2.71. The van der Waals surface area contributed by atoms with E-state index >= 15 is 0 Å². The van der Waals surface area contributed by atoms with Gasteiger partial charge in [-0.3, -0.25) is 0 Å². The van der Waals surface area contributed by atoms with Crippen molar-refractivity contribution in [3.63, 3.8) is 0 Å². The van der Waals surface area contributed by atoms with Gasteiger partial charge in [-0.1, -0.05) is 44.8 Å². The van der Waals surface area contributed by atoms with Crippen LogP contribution < -0.4 is 0 Å². The Bertz CT molecular complexity index is 122. The minimum absolute atomic E-state index is 0.927. The summed E-state index contributed by atoms with van der Waals surface area (Å²) in [5.74, 6) is 0.927. The third-order valence-electron chi connectivity index (χ3n) is 2.71. The lowest BCUT2D eigenvalue weighted by molar-refractivity contribution is 0.484. The lowest BCUT2D eigenvalue weighted by atomic mass is 9.99. The Kier molecular flexibility index (Phi) is 7.23. The van der Waals surface area contributed by atoms with Crippen LogP contribution in [0, 0.1) is 5.92 Å². The van der Waals surface area contributed by atoms with Crippen molar-refractivity contribution in [3.05, 3.63) is 11.6 Å². The van der Waals surface area contributed by atoms with Crippen molar-refractivity contribution in [2.24, 2.45) is 5.92 Å². The zero-order chi connectivity index (χ0) is 9.40. The van der Waals surface area contributed by atoms with Gasteiger partial charge in [0.05, 0.1) is 0 Å². The molecule has 0 heterocycles. The SMILES string of the molecule is CC=C(C)CCCCC(C)CC. The second kappa shape index (κ2) is 7.39. The monoisotopic (exact) mass is 168 g/mol. The van der Waals surface area contributed by atoms with E-state index < -0.39 is 0 Å². The molecule has 0 aliphatic carbocycles. The maximum Gasteiger partial charge on any atom is -0.0323 e. The lowest BCUT2D eigenvalue weighted by Gasteiger charge is -2.07. The average molecular weight is 168 g/mol. The van der Waals surface area contributed by atoms with Gasteiger partial charge in [0.15, 0.2) is 0 Å². The van der Waals surface area contributed by atoms with Gasteiger partial charge in [-0.15, -0.1) is 0 Å². The fourth-order valence-electron chi connectivity index (χ4n) is 1.25. The summed E-state index contributed by atoms with van der Waals surface area (Å²) >= 11 is 0. The Balaban J connectivity index is 3.21. The topological polar surface area (TPSA) is 0 Å². The number of rotatable bonds is 6. The van der Waals surface area contributed by atoms with Crippen LogP contribution in [-0.4, -0.2) is 0 Å². The van der Waals surface area contributed by atoms with Crippen LogP contribution in [0.5, 0.6) is 0 Å². The molecule has 0 aromatic heterocycles. The van der Waals surface area contributed by atoms with Gasteiger partial charge in [0.1, 0.15) is 0 Å². The van der Waals surface area contributed by atoms with Gasteiger partial charge in [-0.25, -0.2) is 0 Å². The summed E-state index contributed by atoms with van der Waals surface area (Å²) in [4.78, 5) is 0. The highest BCUT2D eigenvalue weighted by molar-refractivity contribution is 4.94. The van der Waals surface area contributed by atoms with Gasteiger partial charge in [0.2, 0.25) is 0 Å². The highest BCUT2D eigenvalue weighted by Gasteiger charge is 1.97. The molecule has 0 rings (SSSR count). The zero-order valence-electron chi connectivity index (χ0n) is 9.19. The molecule has 0 saturated heterocycles. The van der Waals surface area contributed by atoms with E-state index in [4.69, 9.17) is 0 Å². The first-order chi connectivity index (χ1) is 5.70. The molecule has 0 spiro atoms. The van der Waals surface area contributed by atoms with Crippen molar-refractivity contribution in [1.82, 2.24) is 0 Å². The number of allylic oxidation sites excluding steroid dienone is 2. The van der Waals surface area contributed by atoms with E-state index in [1.807, 2.05) is 0 Å². The van der Waals surface area contributed by atoms with Gasteiger partial charge in [-0.2, -0.15) is 0 Å². The van der Waals surface area contributed by atoms with Gasteiger partial charge in [0.25, 0.3) is 0 Å². The Morgan fingerprint density at radius 2 is 2.00 bits per heavy atom. The quantitative estimate of drug-likeness (QED) is 0.403. The Morgan fingerprint density at radius 1 is 1.33 bits per heavy atom. The first-order valence-electron chi connectivity index (χ1n) is 5.32. The normalized spacial score (nSPS) is 14.8. The molecule has 12 heavy (non-hydrogen) atoms. The predicted octanol–water partition coefficient (Wildman–Crippen LogP) is 4.56. The number of hydrogen-bond acceptors (Lipinski definition) is 0. The van der Waals surface area contributed by atoms with E-state index in [9.17, 15) is 0 Å². The molecule has 0 bridgehead atoms. The summed E-state index contributed by atoms with van der Waals surface area (Å²) in [5.41, 5.74) is 1.54. The maximum atomic E-state index is 2.35. The summed E-state index contributed by atoms with van der Waals surface area (Å²) in [6, 6.07) is 0. The lowest BCUT2D eigenvalue weighted by Crippen LogP contribution is -1.91. The molecule has 1 unspecified atom stereocenters. The summed E-state index contributed by atoms with van der Waals surface area (Å²) in [5, 5.41) is 0. The van der Waals surface area contributed by atoms with E-state index in [1.54, 1.807) is 5.57 Å². The van der Waals surface area contributed by atoms with Crippen molar-refractivity contribution < 1.29 is 0 Å². The molecular weight excluding hydrogens is 144 g/mol. The standard InChI is InChI=1S/C12H24/c1-5-11(3)9-7-8-10-12(4)6-2/h5,12H,6-10H2,1-4H3. The van der Waals surface area contributed by atoms with Crippen molar-refractivity contribution in [1.29, 1.82) is 0 Å². The molecule has 72 valence electrons. The molecule has 0 N–H and O–H groups in total. The van der Waals surface area contributed by atoms with Crippen LogP contribution >= 0.6 is 0 Å². The molecule has 0 aliphatic heterocycles. The minimum atomic E-state index is 0.927.